The fraction of sp³-hybridized carbons (Fsp3) is 0.917. The zero-order chi connectivity index (χ0) is 20.6. The summed E-state index contributed by atoms with van der Waals surface area (Å²) in [6.45, 7) is 0.871. The van der Waals surface area contributed by atoms with Crippen LogP contribution in [0.3, 0.4) is 0 Å². The number of amides is 1. The molecule has 6 heteroatoms. The summed E-state index contributed by atoms with van der Waals surface area (Å²) in [6.07, 6.45) is 21.1. The number of hydrogen-bond acceptors (Lipinski definition) is 4. The van der Waals surface area contributed by atoms with Crippen LogP contribution in [0.15, 0.2) is 0 Å². The lowest BCUT2D eigenvalue weighted by Gasteiger charge is -2.35. The van der Waals surface area contributed by atoms with E-state index in [2.05, 4.69) is 20.8 Å². The molecule has 0 atom stereocenters. The van der Waals surface area contributed by atoms with Crippen LogP contribution in [0, 0.1) is 17.8 Å². The number of nitrogens with zero attached hydrogens (tertiary/aromatic N) is 4. The first-order valence-electron chi connectivity index (χ1n) is 12.8. The van der Waals surface area contributed by atoms with Gasteiger partial charge in [0.2, 0.25) is 5.91 Å². The molecule has 1 heterocycles. The van der Waals surface area contributed by atoms with Gasteiger partial charge >= 0.3 is 0 Å². The molecule has 1 aromatic heterocycles. The lowest BCUT2D eigenvalue weighted by molar-refractivity contribution is -0.121. The smallest absolute Gasteiger partial charge is 0.220 e. The van der Waals surface area contributed by atoms with E-state index in [4.69, 9.17) is 0 Å². The molecule has 168 valence electrons. The van der Waals surface area contributed by atoms with E-state index in [1.807, 2.05) is 4.68 Å². The van der Waals surface area contributed by atoms with Gasteiger partial charge in [0.15, 0.2) is 5.82 Å². The Kier molecular flexibility index (Phi) is 8.15. The van der Waals surface area contributed by atoms with Crippen molar-refractivity contribution < 1.29 is 4.79 Å². The lowest BCUT2D eigenvalue weighted by Crippen LogP contribution is -2.32. The minimum Gasteiger partial charge on any atom is -0.356 e. The molecule has 0 aromatic carbocycles. The first-order chi connectivity index (χ1) is 14.8. The Morgan fingerprint density at radius 2 is 1.53 bits per heavy atom. The number of carbonyl (C=O) groups is 1. The van der Waals surface area contributed by atoms with Crippen molar-refractivity contribution in [2.45, 2.75) is 115 Å². The first kappa shape index (κ1) is 21.8. The molecule has 1 N–H and O–H groups in total. The predicted octanol–water partition coefficient (Wildman–Crippen LogP) is 5.00. The van der Waals surface area contributed by atoms with Crippen molar-refractivity contribution in [2.75, 3.05) is 6.54 Å². The third-order valence-electron chi connectivity index (χ3n) is 8.08. The Balaban J connectivity index is 1.11. The third kappa shape index (κ3) is 6.04. The summed E-state index contributed by atoms with van der Waals surface area (Å²) in [6, 6.07) is 0.460. The van der Waals surface area contributed by atoms with Gasteiger partial charge in [-0.1, -0.05) is 51.4 Å². The molecular formula is C24H41N5O. The average Bonchev–Trinajstić information content (AvgIpc) is 3.28. The van der Waals surface area contributed by atoms with Crippen LogP contribution in [0.2, 0.25) is 0 Å². The number of aryl methyl sites for hydroxylation is 1. The Hall–Kier alpha value is -1.46. The van der Waals surface area contributed by atoms with Crippen molar-refractivity contribution in [3.63, 3.8) is 0 Å². The first-order valence-corrected chi connectivity index (χ1v) is 12.8. The second-order valence-electron chi connectivity index (χ2n) is 10.2. The van der Waals surface area contributed by atoms with Crippen molar-refractivity contribution in [1.82, 2.24) is 25.5 Å². The van der Waals surface area contributed by atoms with Gasteiger partial charge in [-0.15, -0.1) is 5.10 Å². The topological polar surface area (TPSA) is 72.7 Å². The third-order valence-corrected chi connectivity index (χ3v) is 8.08. The molecule has 0 bridgehead atoms. The van der Waals surface area contributed by atoms with Crippen LogP contribution in [0.5, 0.6) is 0 Å². The zero-order valence-electron chi connectivity index (χ0n) is 18.7. The SMILES string of the molecule is O=C(CCCc1nnnn1C1CCCCC1)NCC1CCC(C2CCCCC2)CC1. The zero-order valence-corrected chi connectivity index (χ0v) is 18.7. The fourth-order valence-electron chi connectivity index (χ4n) is 6.21. The van der Waals surface area contributed by atoms with Crippen molar-refractivity contribution in [1.29, 1.82) is 0 Å². The van der Waals surface area contributed by atoms with Gasteiger partial charge in [-0.2, -0.15) is 0 Å². The van der Waals surface area contributed by atoms with Crippen molar-refractivity contribution >= 4 is 5.91 Å². The monoisotopic (exact) mass is 415 g/mol. The second-order valence-corrected chi connectivity index (χ2v) is 10.2. The van der Waals surface area contributed by atoms with Crippen molar-refractivity contribution in [3.8, 4) is 0 Å². The quantitative estimate of drug-likeness (QED) is 0.648. The van der Waals surface area contributed by atoms with Crippen LogP contribution in [0.4, 0.5) is 0 Å². The van der Waals surface area contributed by atoms with E-state index in [9.17, 15) is 4.79 Å². The van der Waals surface area contributed by atoms with Gasteiger partial charge in [0, 0.05) is 19.4 Å². The van der Waals surface area contributed by atoms with E-state index in [1.54, 1.807) is 0 Å². The lowest BCUT2D eigenvalue weighted by atomic mass is 9.71. The van der Waals surface area contributed by atoms with Crippen molar-refractivity contribution in [3.05, 3.63) is 5.82 Å². The van der Waals surface area contributed by atoms with E-state index < -0.39 is 0 Å². The van der Waals surface area contributed by atoms with Gasteiger partial charge < -0.3 is 5.32 Å². The number of aromatic nitrogens is 4. The van der Waals surface area contributed by atoms with Crippen molar-refractivity contribution in [2.24, 2.45) is 17.8 Å². The highest BCUT2D eigenvalue weighted by Gasteiger charge is 2.28. The Morgan fingerprint density at radius 1 is 0.867 bits per heavy atom. The fourth-order valence-corrected chi connectivity index (χ4v) is 6.21. The maximum absolute atomic E-state index is 12.3. The molecule has 0 spiro atoms. The Bertz CT molecular complexity index is 640. The normalized spacial score (nSPS) is 26.5. The largest absolute Gasteiger partial charge is 0.356 e. The summed E-state index contributed by atoms with van der Waals surface area (Å²) < 4.78 is 2.03. The summed E-state index contributed by atoms with van der Waals surface area (Å²) >= 11 is 0. The van der Waals surface area contributed by atoms with Gasteiger partial charge in [0.05, 0.1) is 6.04 Å². The van der Waals surface area contributed by atoms with E-state index in [0.29, 0.717) is 18.4 Å². The van der Waals surface area contributed by atoms with Gasteiger partial charge in [0.1, 0.15) is 0 Å². The van der Waals surface area contributed by atoms with Crippen LogP contribution in [-0.2, 0) is 11.2 Å². The van der Waals surface area contributed by atoms with Gasteiger partial charge in [-0.3, -0.25) is 4.79 Å². The maximum atomic E-state index is 12.3. The number of hydrogen-bond donors (Lipinski definition) is 1. The van der Waals surface area contributed by atoms with E-state index in [1.165, 1.54) is 89.9 Å². The van der Waals surface area contributed by atoms with E-state index in [0.717, 1.165) is 37.0 Å². The summed E-state index contributed by atoms with van der Waals surface area (Å²) in [5.74, 6) is 3.80. The highest BCUT2D eigenvalue weighted by atomic mass is 16.1. The summed E-state index contributed by atoms with van der Waals surface area (Å²) in [7, 11) is 0. The van der Waals surface area contributed by atoms with E-state index >= 15 is 0 Å². The molecule has 30 heavy (non-hydrogen) atoms. The molecule has 1 aromatic rings. The molecule has 0 radical (unpaired) electrons. The summed E-state index contributed by atoms with van der Waals surface area (Å²) in [4.78, 5) is 12.3. The molecule has 6 nitrogen and oxygen atoms in total. The average molecular weight is 416 g/mol. The molecule has 0 saturated heterocycles. The Morgan fingerprint density at radius 3 is 2.27 bits per heavy atom. The summed E-state index contributed by atoms with van der Waals surface area (Å²) in [5, 5.41) is 15.6. The van der Waals surface area contributed by atoms with Crippen LogP contribution in [0.1, 0.15) is 115 Å². The van der Waals surface area contributed by atoms with Gasteiger partial charge in [-0.25, -0.2) is 4.68 Å². The number of tetrazole rings is 1. The van der Waals surface area contributed by atoms with E-state index in [-0.39, 0.29) is 5.91 Å². The molecule has 3 aliphatic carbocycles. The maximum Gasteiger partial charge on any atom is 0.220 e. The number of rotatable bonds is 8. The molecule has 4 rings (SSSR count). The van der Waals surface area contributed by atoms with Crippen LogP contribution >= 0.6 is 0 Å². The second kappa shape index (κ2) is 11.2. The van der Waals surface area contributed by atoms with Crippen LogP contribution < -0.4 is 5.32 Å². The van der Waals surface area contributed by atoms with Gasteiger partial charge in [-0.05, 0) is 73.1 Å². The highest BCUT2D eigenvalue weighted by Crippen LogP contribution is 2.39. The summed E-state index contributed by atoms with van der Waals surface area (Å²) in [5.41, 5.74) is 0. The number of carbonyl (C=O) groups excluding carboxylic acids is 1. The Labute approximate surface area is 182 Å². The molecule has 0 aliphatic heterocycles. The van der Waals surface area contributed by atoms with Gasteiger partial charge in [0.25, 0.3) is 0 Å². The number of nitrogens with one attached hydrogen (secondary N) is 1. The molecular weight excluding hydrogens is 374 g/mol. The standard InChI is InChI=1S/C24H41N5O/c30-24(13-7-12-23-26-27-28-29(23)22-10-5-2-6-11-22)25-18-19-14-16-21(17-15-19)20-8-3-1-4-9-20/h19-22H,1-18H2,(H,25,30). The van der Waals surface area contributed by atoms with Crippen LogP contribution in [-0.4, -0.2) is 32.7 Å². The highest BCUT2D eigenvalue weighted by molar-refractivity contribution is 5.75. The predicted molar refractivity (Wildman–Crippen MR) is 118 cm³/mol. The van der Waals surface area contributed by atoms with Crippen LogP contribution in [0.25, 0.3) is 0 Å². The molecule has 3 fully saturated rings. The molecule has 3 aliphatic rings. The molecule has 0 unspecified atom stereocenters. The molecule has 1 amide bonds. The minimum atomic E-state index is 0.195. The minimum absolute atomic E-state index is 0.195. The molecule has 3 saturated carbocycles.